The Labute approximate surface area is 215 Å². The molecule has 2 aliphatic rings. The average Bonchev–Trinajstić information content (AvgIpc) is 3.36. The van der Waals surface area contributed by atoms with E-state index in [9.17, 15) is 24.9 Å². The fourth-order valence-corrected chi connectivity index (χ4v) is 5.31. The Morgan fingerprint density at radius 1 is 1.08 bits per heavy atom. The van der Waals surface area contributed by atoms with Crippen LogP contribution in [0.3, 0.4) is 0 Å². The maximum absolute atomic E-state index is 14.5. The SMILES string of the molecule is C=C(C(=O)OC)[C@]1([C@@H]2Cc3ccccc3C2=C(C#N)C#N)C(=O)N(C(=O)OC(C)(C)C)c2ccccc21. The number of carbonyl (C=O) groups excluding carboxylic acids is 3. The highest BCUT2D eigenvalue weighted by Gasteiger charge is 2.63. The first-order valence-corrected chi connectivity index (χ1v) is 11.6. The molecule has 0 saturated heterocycles. The molecule has 0 saturated carbocycles. The number of esters is 1. The monoisotopic (exact) mass is 495 g/mol. The maximum atomic E-state index is 14.5. The van der Waals surface area contributed by atoms with Crippen molar-refractivity contribution in [2.45, 2.75) is 38.2 Å². The number of imide groups is 1. The molecule has 2 atom stereocenters. The van der Waals surface area contributed by atoms with Crippen molar-refractivity contribution in [2.75, 3.05) is 12.0 Å². The summed E-state index contributed by atoms with van der Waals surface area (Å²) in [5.41, 5.74) is -0.817. The van der Waals surface area contributed by atoms with Crippen LogP contribution in [0.4, 0.5) is 10.5 Å². The van der Waals surface area contributed by atoms with Crippen LogP contribution in [-0.2, 0) is 30.9 Å². The number of allylic oxidation sites excluding steroid dienone is 2. The van der Waals surface area contributed by atoms with E-state index in [1.54, 1.807) is 57.2 Å². The van der Waals surface area contributed by atoms with Crippen LogP contribution in [0.5, 0.6) is 0 Å². The normalized spacial score (nSPS) is 19.8. The summed E-state index contributed by atoms with van der Waals surface area (Å²) >= 11 is 0. The number of amides is 2. The summed E-state index contributed by atoms with van der Waals surface area (Å²) in [6, 6.07) is 17.7. The minimum Gasteiger partial charge on any atom is -0.466 e. The highest BCUT2D eigenvalue weighted by molar-refractivity contribution is 6.25. The standard InChI is InChI=1S/C29H25N3O5/c1-17(25(33)36-5)29(22-14-18-10-6-7-11-20(18)24(22)19(15-30)16-31)21-12-8-9-13-23(21)32(26(29)34)27(35)37-28(2,3)4/h6-13,22H,1,14H2,2-5H3/t22-,29+/m1/s1. The summed E-state index contributed by atoms with van der Waals surface area (Å²) in [5, 5.41) is 19.7. The number of para-hydroxylation sites is 1. The second kappa shape index (κ2) is 9.07. The van der Waals surface area contributed by atoms with Gasteiger partial charge in [0.2, 0.25) is 0 Å². The number of nitrogens with zero attached hydrogens (tertiary/aromatic N) is 3. The van der Waals surface area contributed by atoms with Gasteiger partial charge in [-0.2, -0.15) is 10.5 Å². The molecule has 4 rings (SSSR count). The number of methoxy groups -OCH3 is 1. The Bertz CT molecular complexity index is 1450. The van der Waals surface area contributed by atoms with E-state index >= 15 is 0 Å². The molecule has 0 spiro atoms. The van der Waals surface area contributed by atoms with Crippen LogP contribution in [-0.4, -0.2) is 30.7 Å². The van der Waals surface area contributed by atoms with Gasteiger partial charge in [0.25, 0.3) is 5.91 Å². The maximum Gasteiger partial charge on any atom is 0.421 e. The molecule has 8 heteroatoms. The lowest BCUT2D eigenvalue weighted by Crippen LogP contribution is -2.51. The van der Waals surface area contributed by atoms with E-state index in [-0.39, 0.29) is 23.3 Å². The number of fused-ring (bicyclic) bond motifs is 2. The Balaban J connectivity index is 2.08. The number of anilines is 1. The van der Waals surface area contributed by atoms with Gasteiger partial charge < -0.3 is 9.47 Å². The van der Waals surface area contributed by atoms with Crippen LogP contribution < -0.4 is 4.90 Å². The molecule has 0 unspecified atom stereocenters. The minimum absolute atomic E-state index is 0.187. The molecular formula is C29H25N3O5. The van der Waals surface area contributed by atoms with Gasteiger partial charge >= 0.3 is 12.1 Å². The molecule has 0 fully saturated rings. The smallest absolute Gasteiger partial charge is 0.421 e. The molecule has 0 N–H and O–H groups in total. The van der Waals surface area contributed by atoms with E-state index in [4.69, 9.17) is 9.47 Å². The third kappa shape index (κ3) is 3.78. The lowest BCUT2D eigenvalue weighted by molar-refractivity contribution is -0.139. The number of nitriles is 2. The Hall–Kier alpha value is -4.69. The molecule has 8 nitrogen and oxygen atoms in total. The largest absolute Gasteiger partial charge is 0.466 e. The molecule has 186 valence electrons. The highest BCUT2D eigenvalue weighted by Crippen LogP contribution is 2.58. The van der Waals surface area contributed by atoms with Crippen LogP contribution in [0, 0.1) is 28.6 Å². The first-order chi connectivity index (χ1) is 17.5. The van der Waals surface area contributed by atoms with Gasteiger partial charge in [0.1, 0.15) is 28.7 Å². The van der Waals surface area contributed by atoms with Gasteiger partial charge in [-0.1, -0.05) is 49.0 Å². The topological polar surface area (TPSA) is 120 Å². The van der Waals surface area contributed by atoms with Gasteiger partial charge in [-0.25, -0.2) is 14.5 Å². The van der Waals surface area contributed by atoms with Crippen LogP contribution in [0.2, 0.25) is 0 Å². The minimum atomic E-state index is -1.84. The quantitative estimate of drug-likeness (QED) is 0.346. The lowest BCUT2D eigenvalue weighted by atomic mass is 9.63. The van der Waals surface area contributed by atoms with E-state index < -0.39 is 34.9 Å². The predicted octanol–water partition coefficient (Wildman–Crippen LogP) is 4.61. The highest BCUT2D eigenvalue weighted by atomic mass is 16.6. The zero-order valence-corrected chi connectivity index (χ0v) is 21.0. The third-order valence-electron chi connectivity index (χ3n) is 6.69. The van der Waals surface area contributed by atoms with Crippen molar-refractivity contribution >= 4 is 29.2 Å². The van der Waals surface area contributed by atoms with Gasteiger partial charge in [-0.15, -0.1) is 0 Å². The van der Waals surface area contributed by atoms with Gasteiger partial charge in [-0.3, -0.25) is 4.79 Å². The Kier molecular flexibility index (Phi) is 6.23. The van der Waals surface area contributed by atoms with E-state index in [0.717, 1.165) is 10.5 Å². The van der Waals surface area contributed by atoms with E-state index in [2.05, 4.69) is 6.58 Å². The number of carbonyl (C=O) groups is 3. The number of ether oxygens (including phenoxy) is 2. The molecule has 2 aromatic rings. The van der Waals surface area contributed by atoms with Crippen molar-refractivity contribution in [1.82, 2.24) is 0 Å². The van der Waals surface area contributed by atoms with E-state index in [1.165, 1.54) is 7.11 Å². The molecule has 2 amide bonds. The predicted molar refractivity (Wildman–Crippen MR) is 135 cm³/mol. The van der Waals surface area contributed by atoms with Crippen molar-refractivity contribution < 1.29 is 23.9 Å². The summed E-state index contributed by atoms with van der Waals surface area (Å²) in [7, 11) is 1.17. The molecule has 37 heavy (non-hydrogen) atoms. The number of hydrogen-bond acceptors (Lipinski definition) is 7. The van der Waals surface area contributed by atoms with Crippen molar-refractivity contribution in [1.29, 1.82) is 10.5 Å². The van der Waals surface area contributed by atoms with E-state index in [0.29, 0.717) is 16.7 Å². The summed E-state index contributed by atoms with van der Waals surface area (Å²) in [6.45, 7) is 9.02. The molecule has 0 aromatic heterocycles. The fourth-order valence-electron chi connectivity index (χ4n) is 5.31. The van der Waals surface area contributed by atoms with Crippen LogP contribution in [0.1, 0.15) is 37.5 Å². The lowest BCUT2D eigenvalue weighted by Gasteiger charge is -2.36. The molecule has 0 bridgehead atoms. The summed E-state index contributed by atoms with van der Waals surface area (Å²) < 4.78 is 10.6. The zero-order valence-electron chi connectivity index (χ0n) is 21.0. The first-order valence-electron chi connectivity index (χ1n) is 11.6. The Morgan fingerprint density at radius 3 is 2.32 bits per heavy atom. The molecule has 0 radical (unpaired) electrons. The van der Waals surface area contributed by atoms with Crippen molar-refractivity contribution in [3.8, 4) is 12.1 Å². The average molecular weight is 496 g/mol. The van der Waals surface area contributed by atoms with Crippen molar-refractivity contribution in [3.05, 3.63) is 82.9 Å². The molecular weight excluding hydrogens is 470 g/mol. The van der Waals surface area contributed by atoms with Crippen LogP contribution >= 0.6 is 0 Å². The number of benzene rings is 2. The van der Waals surface area contributed by atoms with Crippen LogP contribution in [0.25, 0.3) is 5.57 Å². The second-order valence-electron chi connectivity index (χ2n) is 9.84. The third-order valence-corrected chi connectivity index (χ3v) is 6.69. The molecule has 1 aliphatic heterocycles. The van der Waals surface area contributed by atoms with Gasteiger partial charge in [0, 0.05) is 5.92 Å². The Morgan fingerprint density at radius 2 is 1.70 bits per heavy atom. The summed E-state index contributed by atoms with van der Waals surface area (Å²) in [6.07, 6.45) is -0.692. The molecule has 1 aliphatic carbocycles. The van der Waals surface area contributed by atoms with Crippen molar-refractivity contribution in [2.24, 2.45) is 5.92 Å². The number of hydrogen-bond donors (Lipinski definition) is 0. The van der Waals surface area contributed by atoms with Crippen molar-refractivity contribution in [3.63, 3.8) is 0 Å². The first kappa shape index (κ1) is 25.4. The van der Waals surface area contributed by atoms with Crippen LogP contribution in [0.15, 0.2) is 66.3 Å². The van der Waals surface area contributed by atoms with E-state index in [1.807, 2.05) is 24.3 Å². The molecule has 1 heterocycles. The summed E-state index contributed by atoms with van der Waals surface area (Å²) in [4.78, 5) is 41.9. The fraction of sp³-hybridized carbons (Fsp3) is 0.276. The van der Waals surface area contributed by atoms with Gasteiger partial charge in [-0.05, 0) is 55.5 Å². The van der Waals surface area contributed by atoms with Gasteiger partial charge in [0.15, 0.2) is 0 Å². The second-order valence-corrected chi connectivity index (χ2v) is 9.84. The molecule has 2 aromatic carbocycles. The zero-order chi connectivity index (χ0) is 27.1. The number of rotatable bonds is 3. The summed E-state index contributed by atoms with van der Waals surface area (Å²) in [5.74, 6) is -2.50. The van der Waals surface area contributed by atoms with Gasteiger partial charge in [0.05, 0.1) is 18.4 Å².